The van der Waals surface area contributed by atoms with Gasteiger partial charge in [-0.2, -0.15) is 0 Å². The smallest absolute Gasteiger partial charge is 0.134 e. The second-order valence-electron chi connectivity index (χ2n) is 5.96. The predicted octanol–water partition coefficient (Wildman–Crippen LogP) is 2.75. The van der Waals surface area contributed by atoms with Crippen molar-refractivity contribution in [2.75, 3.05) is 26.8 Å². The molecular formula is C17H24N2O2. The van der Waals surface area contributed by atoms with Gasteiger partial charge >= 0.3 is 0 Å². The Hall–Kier alpha value is -1.36. The molecule has 0 radical (unpaired) electrons. The van der Waals surface area contributed by atoms with Gasteiger partial charge in [0, 0.05) is 37.3 Å². The summed E-state index contributed by atoms with van der Waals surface area (Å²) in [4.78, 5) is 2.38. The number of nitrogens with zero attached hydrogens (tertiary/aromatic N) is 1. The zero-order valence-electron chi connectivity index (χ0n) is 12.7. The quantitative estimate of drug-likeness (QED) is 0.919. The number of rotatable bonds is 5. The number of ether oxygens (including phenoxy) is 1. The van der Waals surface area contributed by atoms with E-state index in [0.717, 1.165) is 43.6 Å². The summed E-state index contributed by atoms with van der Waals surface area (Å²) in [6.45, 7) is 4.26. The summed E-state index contributed by atoms with van der Waals surface area (Å²) in [5, 5.41) is 1.19. The molecule has 2 heterocycles. The van der Waals surface area contributed by atoms with Crippen molar-refractivity contribution in [3.05, 3.63) is 35.6 Å². The van der Waals surface area contributed by atoms with Crippen molar-refractivity contribution in [3.63, 3.8) is 0 Å². The fraction of sp³-hybridized carbons (Fsp3) is 0.529. The van der Waals surface area contributed by atoms with Gasteiger partial charge in [-0.1, -0.05) is 18.2 Å². The molecule has 1 aromatic heterocycles. The third-order valence-electron chi connectivity index (χ3n) is 4.31. The summed E-state index contributed by atoms with van der Waals surface area (Å²) in [5.41, 5.74) is 8.02. The molecule has 1 aliphatic rings. The van der Waals surface area contributed by atoms with Crippen LogP contribution < -0.4 is 5.73 Å². The second-order valence-corrected chi connectivity index (χ2v) is 5.96. The van der Waals surface area contributed by atoms with E-state index in [0.29, 0.717) is 6.54 Å². The van der Waals surface area contributed by atoms with E-state index in [1.807, 2.05) is 12.1 Å². The Bertz CT molecular complexity index is 587. The van der Waals surface area contributed by atoms with Gasteiger partial charge in [0.05, 0.1) is 6.54 Å². The molecule has 114 valence electrons. The van der Waals surface area contributed by atoms with Crippen LogP contribution in [0.3, 0.4) is 0 Å². The topological polar surface area (TPSA) is 51.6 Å². The van der Waals surface area contributed by atoms with Crippen LogP contribution in [0, 0.1) is 5.92 Å². The van der Waals surface area contributed by atoms with Crippen LogP contribution >= 0.6 is 0 Å². The van der Waals surface area contributed by atoms with Gasteiger partial charge < -0.3 is 19.8 Å². The molecule has 1 aromatic carbocycles. The molecule has 0 aliphatic carbocycles. The number of hydrogen-bond acceptors (Lipinski definition) is 4. The highest BCUT2D eigenvalue weighted by Gasteiger charge is 2.18. The van der Waals surface area contributed by atoms with Crippen molar-refractivity contribution in [3.8, 4) is 0 Å². The molecule has 4 heteroatoms. The summed E-state index contributed by atoms with van der Waals surface area (Å²) in [7, 11) is 2.18. The lowest BCUT2D eigenvalue weighted by Gasteiger charge is -2.27. The Morgan fingerprint density at radius 2 is 2.00 bits per heavy atom. The van der Waals surface area contributed by atoms with Gasteiger partial charge in [0.25, 0.3) is 0 Å². The van der Waals surface area contributed by atoms with Crippen LogP contribution in [0.25, 0.3) is 11.0 Å². The molecule has 0 unspecified atom stereocenters. The number of nitrogens with two attached hydrogens (primary N) is 1. The molecule has 1 saturated heterocycles. The normalized spacial score (nSPS) is 16.9. The SMILES string of the molecule is CN(Cc1c(CN)oc2ccccc12)CC1CCOCC1. The number of hydrogen-bond donors (Lipinski definition) is 1. The van der Waals surface area contributed by atoms with Crippen LogP contribution in [0.1, 0.15) is 24.2 Å². The highest BCUT2D eigenvalue weighted by Crippen LogP contribution is 2.27. The van der Waals surface area contributed by atoms with E-state index in [9.17, 15) is 0 Å². The number of para-hydroxylation sites is 1. The molecule has 3 rings (SSSR count). The second kappa shape index (κ2) is 6.60. The molecule has 0 spiro atoms. The Morgan fingerprint density at radius 1 is 1.24 bits per heavy atom. The van der Waals surface area contributed by atoms with Gasteiger partial charge in [0.15, 0.2) is 0 Å². The Morgan fingerprint density at radius 3 is 2.76 bits per heavy atom. The van der Waals surface area contributed by atoms with Gasteiger partial charge in [0.2, 0.25) is 0 Å². The lowest BCUT2D eigenvalue weighted by molar-refractivity contribution is 0.0549. The fourth-order valence-corrected chi connectivity index (χ4v) is 3.19. The minimum absolute atomic E-state index is 0.453. The van der Waals surface area contributed by atoms with E-state index in [2.05, 4.69) is 24.1 Å². The predicted molar refractivity (Wildman–Crippen MR) is 84.0 cm³/mol. The van der Waals surface area contributed by atoms with Gasteiger partial charge in [-0.3, -0.25) is 0 Å². The number of fused-ring (bicyclic) bond motifs is 1. The molecule has 2 N–H and O–H groups in total. The van der Waals surface area contributed by atoms with Crippen LogP contribution in [-0.2, 0) is 17.8 Å². The van der Waals surface area contributed by atoms with Crippen LogP contribution in [0.2, 0.25) is 0 Å². The van der Waals surface area contributed by atoms with Crippen molar-refractivity contribution in [2.45, 2.75) is 25.9 Å². The van der Waals surface area contributed by atoms with E-state index in [1.165, 1.54) is 23.8 Å². The maximum Gasteiger partial charge on any atom is 0.134 e. The van der Waals surface area contributed by atoms with Gasteiger partial charge in [0.1, 0.15) is 11.3 Å². The van der Waals surface area contributed by atoms with Gasteiger partial charge in [-0.05, 0) is 31.9 Å². The van der Waals surface area contributed by atoms with Crippen molar-refractivity contribution in [1.82, 2.24) is 4.90 Å². The molecular weight excluding hydrogens is 264 g/mol. The average Bonchev–Trinajstić information content (AvgIpc) is 2.86. The van der Waals surface area contributed by atoms with E-state index in [1.54, 1.807) is 0 Å². The average molecular weight is 288 g/mol. The third kappa shape index (κ3) is 3.28. The third-order valence-corrected chi connectivity index (χ3v) is 4.31. The number of benzene rings is 1. The molecule has 1 fully saturated rings. The zero-order chi connectivity index (χ0) is 14.7. The summed E-state index contributed by atoms with van der Waals surface area (Å²) < 4.78 is 11.3. The molecule has 0 bridgehead atoms. The molecule has 4 nitrogen and oxygen atoms in total. The largest absolute Gasteiger partial charge is 0.459 e. The summed E-state index contributed by atoms with van der Waals surface area (Å²) >= 11 is 0. The maximum absolute atomic E-state index is 5.87. The first-order chi connectivity index (χ1) is 10.3. The molecule has 2 aromatic rings. The first-order valence-electron chi connectivity index (χ1n) is 7.73. The first-order valence-corrected chi connectivity index (χ1v) is 7.73. The van der Waals surface area contributed by atoms with Gasteiger partial charge in [-0.25, -0.2) is 0 Å². The molecule has 0 amide bonds. The van der Waals surface area contributed by atoms with Crippen molar-refractivity contribution in [1.29, 1.82) is 0 Å². The summed E-state index contributed by atoms with van der Waals surface area (Å²) in [6.07, 6.45) is 2.33. The van der Waals surface area contributed by atoms with Crippen LogP contribution in [0.5, 0.6) is 0 Å². The van der Waals surface area contributed by atoms with E-state index in [-0.39, 0.29) is 0 Å². The van der Waals surface area contributed by atoms with Crippen molar-refractivity contribution in [2.24, 2.45) is 11.7 Å². The molecule has 0 saturated carbocycles. The molecule has 0 atom stereocenters. The minimum atomic E-state index is 0.453. The van der Waals surface area contributed by atoms with Crippen LogP contribution in [0.4, 0.5) is 0 Å². The number of furan rings is 1. The lowest BCUT2D eigenvalue weighted by atomic mass is 9.99. The van der Waals surface area contributed by atoms with E-state index in [4.69, 9.17) is 14.9 Å². The maximum atomic E-state index is 5.87. The monoisotopic (exact) mass is 288 g/mol. The Labute approximate surface area is 125 Å². The van der Waals surface area contributed by atoms with Crippen molar-refractivity contribution >= 4 is 11.0 Å². The van der Waals surface area contributed by atoms with Crippen LogP contribution in [-0.4, -0.2) is 31.7 Å². The van der Waals surface area contributed by atoms with Crippen LogP contribution in [0.15, 0.2) is 28.7 Å². The minimum Gasteiger partial charge on any atom is -0.459 e. The Kier molecular flexibility index (Phi) is 4.58. The highest BCUT2D eigenvalue weighted by atomic mass is 16.5. The zero-order valence-corrected chi connectivity index (χ0v) is 12.7. The summed E-state index contributed by atoms with van der Waals surface area (Å²) in [5.74, 6) is 1.65. The molecule has 1 aliphatic heterocycles. The molecule has 21 heavy (non-hydrogen) atoms. The lowest BCUT2D eigenvalue weighted by Crippen LogP contribution is -2.29. The van der Waals surface area contributed by atoms with E-state index < -0.39 is 0 Å². The van der Waals surface area contributed by atoms with E-state index >= 15 is 0 Å². The highest BCUT2D eigenvalue weighted by molar-refractivity contribution is 5.82. The fourth-order valence-electron chi connectivity index (χ4n) is 3.19. The first kappa shape index (κ1) is 14.6. The van der Waals surface area contributed by atoms with Gasteiger partial charge in [-0.15, -0.1) is 0 Å². The summed E-state index contributed by atoms with van der Waals surface area (Å²) in [6, 6.07) is 8.19. The Balaban J connectivity index is 1.74. The standard InChI is InChI=1S/C17H24N2O2/c1-19(11-13-6-8-20-9-7-13)12-15-14-4-2-3-5-16(14)21-17(15)10-18/h2-5,13H,6-12,18H2,1H3. The van der Waals surface area contributed by atoms with Crippen molar-refractivity contribution < 1.29 is 9.15 Å².